The van der Waals surface area contributed by atoms with Gasteiger partial charge in [-0.15, -0.1) is 0 Å². The molecule has 0 atom stereocenters. The summed E-state index contributed by atoms with van der Waals surface area (Å²) in [7, 11) is 1.69. The predicted octanol–water partition coefficient (Wildman–Crippen LogP) is 3.00. The Bertz CT molecular complexity index is 568. The number of nitrogens with two attached hydrogens (primary N) is 1. The van der Waals surface area contributed by atoms with Crippen molar-refractivity contribution in [2.45, 2.75) is 6.92 Å². The molecular formula is C11H11BrFN3O. The summed E-state index contributed by atoms with van der Waals surface area (Å²) < 4.78 is 21.2. The molecule has 0 spiro atoms. The number of halogens is 2. The van der Waals surface area contributed by atoms with Gasteiger partial charge in [-0.05, 0) is 25.1 Å². The first-order valence-electron chi connectivity index (χ1n) is 4.91. The van der Waals surface area contributed by atoms with Gasteiger partial charge in [-0.25, -0.2) is 9.07 Å². The molecule has 0 amide bonds. The standard InChI is InChI=1S/C11H11BrFN3O/c1-6-10(14)11(16(2)15-6)17-9-5-7(12)3-4-8(9)13/h3-5H,14H2,1-2H3. The van der Waals surface area contributed by atoms with Crippen LogP contribution in [0.2, 0.25) is 0 Å². The van der Waals surface area contributed by atoms with Crippen molar-refractivity contribution < 1.29 is 9.13 Å². The third-order valence-corrected chi connectivity index (χ3v) is 2.81. The maximum Gasteiger partial charge on any atom is 0.241 e. The summed E-state index contributed by atoms with van der Waals surface area (Å²) in [4.78, 5) is 0. The molecule has 0 radical (unpaired) electrons. The van der Waals surface area contributed by atoms with Gasteiger partial charge in [0, 0.05) is 11.5 Å². The Balaban J connectivity index is 2.41. The van der Waals surface area contributed by atoms with E-state index >= 15 is 0 Å². The summed E-state index contributed by atoms with van der Waals surface area (Å²) in [5, 5.41) is 4.09. The van der Waals surface area contributed by atoms with Gasteiger partial charge in [0.2, 0.25) is 5.88 Å². The molecule has 4 nitrogen and oxygen atoms in total. The highest BCUT2D eigenvalue weighted by molar-refractivity contribution is 9.10. The van der Waals surface area contributed by atoms with Crippen LogP contribution in [0.5, 0.6) is 11.6 Å². The van der Waals surface area contributed by atoms with Crippen LogP contribution in [0.3, 0.4) is 0 Å². The summed E-state index contributed by atoms with van der Waals surface area (Å²) >= 11 is 3.25. The van der Waals surface area contributed by atoms with E-state index in [1.54, 1.807) is 20.0 Å². The molecule has 1 aromatic carbocycles. The molecule has 0 saturated carbocycles. The van der Waals surface area contributed by atoms with Gasteiger partial charge >= 0.3 is 0 Å². The molecule has 2 aromatic rings. The fraction of sp³-hybridized carbons (Fsp3) is 0.182. The van der Waals surface area contributed by atoms with Crippen LogP contribution in [0.25, 0.3) is 0 Å². The lowest BCUT2D eigenvalue weighted by molar-refractivity contribution is 0.405. The second-order valence-electron chi connectivity index (χ2n) is 3.60. The molecule has 90 valence electrons. The van der Waals surface area contributed by atoms with Crippen LogP contribution >= 0.6 is 15.9 Å². The molecule has 6 heteroatoms. The number of anilines is 1. The normalized spacial score (nSPS) is 10.6. The molecule has 2 rings (SSSR count). The molecule has 17 heavy (non-hydrogen) atoms. The second kappa shape index (κ2) is 4.37. The van der Waals surface area contributed by atoms with Gasteiger partial charge in [-0.3, -0.25) is 0 Å². The van der Waals surface area contributed by atoms with E-state index in [2.05, 4.69) is 21.0 Å². The van der Waals surface area contributed by atoms with Crippen LogP contribution < -0.4 is 10.5 Å². The number of hydrogen-bond acceptors (Lipinski definition) is 3. The highest BCUT2D eigenvalue weighted by Gasteiger charge is 2.14. The largest absolute Gasteiger partial charge is 0.434 e. The van der Waals surface area contributed by atoms with Crippen molar-refractivity contribution in [1.29, 1.82) is 0 Å². The number of ether oxygens (including phenoxy) is 1. The number of aryl methyl sites for hydroxylation is 2. The maximum absolute atomic E-state index is 13.5. The van der Waals surface area contributed by atoms with Crippen LogP contribution in [0.15, 0.2) is 22.7 Å². The minimum Gasteiger partial charge on any atom is -0.434 e. The summed E-state index contributed by atoms with van der Waals surface area (Å²) in [5.41, 5.74) is 6.86. The fourth-order valence-electron chi connectivity index (χ4n) is 1.43. The lowest BCUT2D eigenvalue weighted by atomic mass is 10.3. The third-order valence-electron chi connectivity index (χ3n) is 2.31. The number of nitrogens with zero attached hydrogens (tertiary/aromatic N) is 2. The van der Waals surface area contributed by atoms with E-state index in [-0.39, 0.29) is 5.75 Å². The van der Waals surface area contributed by atoms with E-state index in [1.807, 2.05) is 0 Å². The molecular weight excluding hydrogens is 289 g/mol. The first-order chi connectivity index (χ1) is 7.99. The molecule has 0 aliphatic rings. The Kier molecular flexibility index (Phi) is 3.06. The zero-order chi connectivity index (χ0) is 12.6. The Morgan fingerprint density at radius 2 is 2.18 bits per heavy atom. The minimum atomic E-state index is -0.452. The van der Waals surface area contributed by atoms with Crippen molar-refractivity contribution in [3.05, 3.63) is 34.2 Å². The number of nitrogen functional groups attached to an aromatic ring is 1. The monoisotopic (exact) mass is 299 g/mol. The van der Waals surface area contributed by atoms with Gasteiger partial charge in [0.25, 0.3) is 0 Å². The minimum absolute atomic E-state index is 0.106. The number of benzene rings is 1. The first kappa shape index (κ1) is 11.9. The van der Waals surface area contributed by atoms with Crippen molar-refractivity contribution in [3.8, 4) is 11.6 Å². The topological polar surface area (TPSA) is 53.1 Å². The van der Waals surface area contributed by atoms with Crippen molar-refractivity contribution in [2.75, 3.05) is 5.73 Å². The third kappa shape index (κ3) is 2.26. The van der Waals surface area contributed by atoms with E-state index in [1.165, 1.54) is 16.8 Å². The maximum atomic E-state index is 13.5. The van der Waals surface area contributed by atoms with Gasteiger partial charge in [0.1, 0.15) is 5.69 Å². The average molecular weight is 300 g/mol. The molecule has 0 bridgehead atoms. The molecule has 0 unspecified atom stereocenters. The highest BCUT2D eigenvalue weighted by Crippen LogP contribution is 2.32. The van der Waals surface area contributed by atoms with E-state index in [9.17, 15) is 4.39 Å². The zero-order valence-electron chi connectivity index (χ0n) is 9.37. The fourth-order valence-corrected chi connectivity index (χ4v) is 1.77. The van der Waals surface area contributed by atoms with Crippen LogP contribution in [-0.2, 0) is 7.05 Å². The van der Waals surface area contributed by atoms with E-state index < -0.39 is 5.82 Å². The van der Waals surface area contributed by atoms with Crippen molar-refractivity contribution in [2.24, 2.45) is 7.05 Å². The lowest BCUT2D eigenvalue weighted by Crippen LogP contribution is -1.98. The Labute approximate surface area is 106 Å². The SMILES string of the molecule is Cc1nn(C)c(Oc2cc(Br)ccc2F)c1N. The van der Waals surface area contributed by atoms with Crippen LogP contribution in [0, 0.1) is 12.7 Å². The average Bonchev–Trinajstić information content (AvgIpc) is 2.50. The van der Waals surface area contributed by atoms with Crippen molar-refractivity contribution >= 4 is 21.6 Å². The Morgan fingerprint density at radius 3 is 2.76 bits per heavy atom. The first-order valence-corrected chi connectivity index (χ1v) is 5.70. The van der Waals surface area contributed by atoms with Crippen LogP contribution in [0.1, 0.15) is 5.69 Å². The van der Waals surface area contributed by atoms with Gasteiger partial charge in [-0.2, -0.15) is 5.10 Å². The smallest absolute Gasteiger partial charge is 0.241 e. The quantitative estimate of drug-likeness (QED) is 0.927. The number of rotatable bonds is 2. The lowest BCUT2D eigenvalue weighted by Gasteiger charge is -2.07. The van der Waals surface area contributed by atoms with E-state index in [0.717, 1.165) is 4.47 Å². The molecule has 2 N–H and O–H groups in total. The molecule has 0 aliphatic carbocycles. The summed E-state index contributed by atoms with van der Waals surface area (Å²) in [6.45, 7) is 1.76. The Morgan fingerprint density at radius 1 is 1.47 bits per heavy atom. The van der Waals surface area contributed by atoms with Crippen LogP contribution in [0.4, 0.5) is 10.1 Å². The zero-order valence-corrected chi connectivity index (χ0v) is 11.0. The van der Waals surface area contributed by atoms with Gasteiger partial charge < -0.3 is 10.5 Å². The molecule has 1 aromatic heterocycles. The summed E-state index contributed by atoms with van der Waals surface area (Å²) in [6, 6.07) is 4.45. The number of hydrogen-bond donors (Lipinski definition) is 1. The Hall–Kier alpha value is -1.56. The van der Waals surface area contributed by atoms with Crippen molar-refractivity contribution in [1.82, 2.24) is 9.78 Å². The van der Waals surface area contributed by atoms with E-state index in [4.69, 9.17) is 10.5 Å². The van der Waals surface area contributed by atoms with Gasteiger partial charge in [0.05, 0.1) is 5.69 Å². The van der Waals surface area contributed by atoms with Gasteiger partial charge in [-0.1, -0.05) is 15.9 Å². The predicted molar refractivity (Wildman–Crippen MR) is 66.5 cm³/mol. The molecule has 1 heterocycles. The molecule has 0 fully saturated rings. The van der Waals surface area contributed by atoms with Crippen LogP contribution in [-0.4, -0.2) is 9.78 Å². The second-order valence-corrected chi connectivity index (χ2v) is 4.52. The van der Waals surface area contributed by atoms with Crippen molar-refractivity contribution in [3.63, 3.8) is 0 Å². The van der Waals surface area contributed by atoms with Gasteiger partial charge in [0.15, 0.2) is 11.6 Å². The molecule has 0 aliphatic heterocycles. The highest BCUT2D eigenvalue weighted by atomic mass is 79.9. The summed E-state index contributed by atoms with van der Waals surface area (Å²) in [5.74, 6) is -0.0139. The summed E-state index contributed by atoms with van der Waals surface area (Å²) in [6.07, 6.45) is 0. The van der Waals surface area contributed by atoms with E-state index in [0.29, 0.717) is 17.3 Å². The molecule has 0 saturated heterocycles. The number of aromatic nitrogens is 2.